The first-order valence-electron chi connectivity index (χ1n) is 15.2. The topological polar surface area (TPSA) is 131 Å². The van der Waals surface area contributed by atoms with Crippen LogP contribution in [0.4, 0.5) is 10.5 Å². The van der Waals surface area contributed by atoms with Crippen LogP contribution < -0.4 is 10.1 Å². The second kappa shape index (κ2) is 13.1. The van der Waals surface area contributed by atoms with Crippen molar-refractivity contribution in [3.63, 3.8) is 0 Å². The van der Waals surface area contributed by atoms with E-state index in [1.165, 1.54) is 14.1 Å². The number of halogens is 2. The van der Waals surface area contributed by atoms with Gasteiger partial charge in [-0.15, -0.1) is 0 Å². The number of fused-ring (bicyclic) bond motifs is 1. The van der Waals surface area contributed by atoms with Crippen molar-refractivity contribution < 1.29 is 24.2 Å². The summed E-state index contributed by atoms with van der Waals surface area (Å²) in [5.74, 6) is -0.0497. The van der Waals surface area contributed by atoms with Gasteiger partial charge in [0.1, 0.15) is 0 Å². The van der Waals surface area contributed by atoms with Gasteiger partial charge >= 0.3 is 6.03 Å². The molecular weight excluding hydrogens is 645 g/mol. The summed E-state index contributed by atoms with van der Waals surface area (Å²) in [5.41, 5.74) is 4.83. The fourth-order valence-electron chi connectivity index (χ4n) is 6.48. The van der Waals surface area contributed by atoms with Gasteiger partial charge in [0.25, 0.3) is 5.91 Å². The molecule has 2 aromatic carbocycles. The summed E-state index contributed by atoms with van der Waals surface area (Å²) in [6.45, 7) is 4.62. The normalized spacial score (nSPS) is 19.9. The molecule has 0 bridgehead atoms. The van der Waals surface area contributed by atoms with Gasteiger partial charge in [0.2, 0.25) is 11.8 Å². The number of aliphatic hydroxyl groups excluding tert-OH is 1. The van der Waals surface area contributed by atoms with Gasteiger partial charge in [-0.3, -0.25) is 19.4 Å². The summed E-state index contributed by atoms with van der Waals surface area (Å²) >= 11 is 13.9. The number of carbonyl (C=O) groups is 3. The van der Waals surface area contributed by atoms with Crippen molar-refractivity contribution in [2.75, 3.05) is 52.7 Å². The smallest absolute Gasteiger partial charge is 0.342 e. The van der Waals surface area contributed by atoms with Gasteiger partial charge in [0.15, 0.2) is 11.9 Å². The number of piperazine rings is 1. The van der Waals surface area contributed by atoms with Crippen LogP contribution in [0.1, 0.15) is 30.5 Å². The van der Waals surface area contributed by atoms with E-state index in [0.29, 0.717) is 46.4 Å². The number of amides is 4. The van der Waals surface area contributed by atoms with Crippen LogP contribution in [0.2, 0.25) is 10.0 Å². The summed E-state index contributed by atoms with van der Waals surface area (Å²) in [7, 11) is 4.39. The van der Waals surface area contributed by atoms with Gasteiger partial charge in [0, 0.05) is 75.5 Å². The fraction of sp³-hybridized carbons (Fsp3) is 0.364. The summed E-state index contributed by atoms with van der Waals surface area (Å²) in [6, 6.07) is 12.4. The quantitative estimate of drug-likeness (QED) is 0.393. The van der Waals surface area contributed by atoms with E-state index in [1.807, 2.05) is 23.1 Å². The fourth-order valence-corrected chi connectivity index (χ4v) is 7.08. The summed E-state index contributed by atoms with van der Waals surface area (Å²) in [4.78, 5) is 47.2. The van der Waals surface area contributed by atoms with Crippen LogP contribution in [0, 0.1) is 0 Å². The number of aromatic nitrogens is 1. The number of hydrazone groups is 1. The average Bonchev–Trinajstić information content (AvgIpc) is 3.50. The van der Waals surface area contributed by atoms with Crippen LogP contribution in [0.3, 0.4) is 0 Å². The minimum atomic E-state index is -1.52. The van der Waals surface area contributed by atoms with Gasteiger partial charge in [-0.25, -0.2) is 14.8 Å². The number of methoxy groups -OCH3 is 1. The second-order valence-corrected chi connectivity index (χ2v) is 12.5. The molecule has 1 aromatic heterocycles. The Bertz CT molecular complexity index is 1790. The molecule has 0 saturated carbocycles. The maximum Gasteiger partial charge on any atom is 0.342 e. The van der Waals surface area contributed by atoms with Crippen molar-refractivity contribution in [2.24, 2.45) is 5.10 Å². The molecule has 2 aliphatic heterocycles. The van der Waals surface area contributed by atoms with E-state index in [9.17, 15) is 19.5 Å². The van der Waals surface area contributed by atoms with E-state index in [-0.39, 0.29) is 28.4 Å². The molecule has 0 spiro atoms. The molecule has 2 N–H and O–H groups in total. The Morgan fingerprint density at radius 1 is 1.00 bits per heavy atom. The zero-order chi connectivity index (χ0) is 33.6. The SMILES string of the molecule is COc1nc(-c2cccc(-c3cccc(NC(=O)C4=NN(C)C(=O)N(C)C4O)c3Cl)c2Cl)cc2c1[C@@H](N1CCN(C(C)=O)CC1)CC2. The van der Waals surface area contributed by atoms with Crippen molar-refractivity contribution in [2.45, 2.75) is 32.0 Å². The van der Waals surface area contributed by atoms with Crippen LogP contribution in [-0.4, -0.2) is 107 Å². The number of nitrogens with zero attached hydrogens (tertiary/aromatic N) is 6. The zero-order valence-electron chi connectivity index (χ0n) is 26.5. The van der Waals surface area contributed by atoms with E-state index in [4.69, 9.17) is 32.9 Å². The molecule has 1 aliphatic carbocycles. The van der Waals surface area contributed by atoms with Gasteiger partial charge in [-0.05, 0) is 30.5 Å². The Morgan fingerprint density at radius 2 is 1.66 bits per heavy atom. The monoisotopic (exact) mass is 679 g/mol. The van der Waals surface area contributed by atoms with Crippen LogP contribution in [-0.2, 0) is 16.0 Å². The zero-order valence-corrected chi connectivity index (χ0v) is 28.0. The molecule has 2 atom stereocenters. The lowest BCUT2D eigenvalue weighted by Gasteiger charge is -2.38. The number of benzene rings is 2. The maximum atomic E-state index is 13.1. The number of aliphatic hydroxyl groups is 1. The van der Waals surface area contributed by atoms with E-state index in [2.05, 4.69) is 21.4 Å². The number of aryl methyl sites for hydroxylation is 1. The first kappa shape index (κ1) is 32.7. The van der Waals surface area contributed by atoms with Crippen molar-refractivity contribution in [3.05, 3.63) is 63.6 Å². The number of urea groups is 1. The van der Waals surface area contributed by atoms with E-state index in [1.54, 1.807) is 32.2 Å². The molecule has 14 heteroatoms. The lowest BCUT2D eigenvalue weighted by Crippen LogP contribution is -2.54. The Labute approximate surface area is 282 Å². The highest BCUT2D eigenvalue weighted by molar-refractivity contribution is 6.46. The molecular formula is C33H35Cl2N7O5. The van der Waals surface area contributed by atoms with Crippen molar-refractivity contribution in [3.8, 4) is 28.3 Å². The minimum absolute atomic E-state index is 0.103. The third-order valence-electron chi connectivity index (χ3n) is 9.02. The molecule has 4 amide bonds. The van der Waals surface area contributed by atoms with E-state index < -0.39 is 18.2 Å². The molecule has 3 aliphatic rings. The number of carbonyl (C=O) groups excluding carboxylic acids is 3. The molecule has 1 saturated heterocycles. The minimum Gasteiger partial charge on any atom is -0.481 e. The number of hydrogen-bond donors (Lipinski definition) is 2. The van der Waals surface area contributed by atoms with Crippen LogP contribution >= 0.6 is 23.2 Å². The third kappa shape index (κ3) is 6.02. The van der Waals surface area contributed by atoms with E-state index >= 15 is 0 Å². The summed E-state index contributed by atoms with van der Waals surface area (Å²) < 4.78 is 5.84. The first-order valence-corrected chi connectivity index (χ1v) is 16.0. The standard InChI is InChI=1S/C33H35Cl2N7O5/c1-18(43)41-13-15-42(16-14-41)25-12-11-19-17-24(37-31(47-4)26(19)25)22-9-5-7-20(27(22)34)21-8-6-10-23(28(21)35)36-30(44)29-32(45)39(2)33(46)40(3)38-29/h5-10,17,25,32,45H,11-16H2,1-4H3,(H,36,44)/t25-,32?/m0/s1. The number of ether oxygens (including phenoxy) is 1. The van der Waals surface area contributed by atoms with Gasteiger partial charge in [-0.1, -0.05) is 53.5 Å². The second-order valence-electron chi connectivity index (χ2n) is 11.8. The van der Waals surface area contributed by atoms with Crippen molar-refractivity contribution in [1.82, 2.24) is 24.7 Å². The first-order chi connectivity index (χ1) is 22.5. The number of pyridine rings is 1. The van der Waals surface area contributed by atoms with Crippen molar-refractivity contribution >= 4 is 52.4 Å². The molecule has 1 unspecified atom stereocenters. The number of nitrogens with one attached hydrogen (secondary N) is 1. The maximum absolute atomic E-state index is 13.1. The Morgan fingerprint density at radius 3 is 2.34 bits per heavy atom. The third-order valence-corrected chi connectivity index (χ3v) is 9.83. The Kier molecular flexibility index (Phi) is 9.12. The largest absolute Gasteiger partial charge is 0.481 e. The summed E-state index contributed by atoms with van der Waals surface area (Å²) in [5, 5.41) is 18.7. The molecule has 47 heavy (non-hydrogen) atoms. The highest BCUT2D eigenvalue weighted by atomic mass is 35.5. The number of hydrogen-bond acceptors (Lipinski definition) is 8. The average molecular weight is 681 g/mol. The lowest BCUT2D eigenvalue weighted by molar-refractivity contribution is -0.130. The van der Waals surface area contributed by atoms with Gasteiger partial charge < -0.3 is 20.1 Å². The molecule has 0 radical (unpaired) electrons. The van der Waals surface area contributed by atoms with Crippen LogP contribution in [0.5, 0.6) is 5.88 Å². The molecule has 3 heterocycles. The predicted molar refractivity (Wildman–Crippen MR) is 180 cm³/mol. The lowest BCUT2D eigenvalue weighted by atomic mass is 9.99. The molecule has 6 rings (SSSR count). The van der Waals surface area contributed by atoms with Gasteiger partial charge in [0.05, 0.1) is 28.5 Å². The summed E-state index contributed by atoms with van der Waals surface area (Å²) in [6.07, 6.45) is 0.282. The van der Waals surface area contributed by atoms with Crippen LogP contribution in [0.25, 0.3) is 22.4 Å². The highest BCUT2D eigenvalue weighted by Crippen LogP contribution is 2.45. The Hall–Kier alpha value is -4.23. The Balaban J connectivity index is 1.28. The molecule has 12 nitrogen and oxygen atoms in total. The molecule has 246 valence electrons. The number of anilines is 1. The van der Waals surface area contributed by atoms with E-state index in [0.717, 1.165) is 47.0 Å². The van der Waals surface area contributed by atoms with Crippen molar-refractivity contribution in [1.29, 1.82) is 0 Å². The number of rotatable bonds is 6. The molecule has 3 aromatic rings. The molecule has 1 fully saturated rings. The highest BCUT2D eigenvalue weighted by Gasteiger charge is 2.36. The van der Waals surface area contributed by atoms with Crippen LogP contribution in [0.15, 0.2) is 47.6 Å². The van der Waals surface area contributed by atoms with Gasteiger partial charge in [-0.2, -0.15) is 5.10 Å². The predicted octanol–water partition coefficient (Wildman–Crippen LogP) is 4.49.